The van der Waals surface area contributed by atoms with Crippen molar-refractivity contribution in [2.75, 3.05) is 11.8 Å². The molecule has 0 amide bonds. The summed E-state index contributed by atoms with van der Waals surface area (Å²) in [6, 6.07) is 4.93. The summed E-state index contributed by atoms with van der Waals surface area (Å²) in [5, 5.41) is 7.74. The van der Waals surface area contributed by atoms with Crippen molar-refractivity contribution in [2.24, 2.45) is 0 Å². The van der Waals surface area contributed by atoms with E-state index in [1.807, 2.05) is 13.8 Å². The maximum absolute atomic E-state index is 12.9. The lowest BCUT2D eigenvalue weighted by Gasteiger charge is -2.14. The van der Waals surface area contributed by atoms with Crippen LogP contribution in [0.5, 0.6) is 5.75 Å². The van der Waals surface area contributed by atoms with Crippen molar-refractivity contribution >= 4 is 37.3 Å². The molecule has 0 saturated heterocycles. The molecule has 1 aromatic carbocycles. The average Bonchev–Trinajstić information content (AvgIpc) is 2.97. The number of ether oxygens (including phenoxy) is 1. The van der Waals surface area contributed by atoms with Crippen molar-refractivity contribution in [2.45, 2.75) is 18.7 Å². The van der Waals surface area contributed by atoms with Crippen molar-refractivity contribution in [3.8, 4) is 5.75 Å². The van der Waals surface area contributed by atoms with Crippen LogP contribution in [0.15, 0.2) is 40.1 Å². The summed E-state index contributed by atoms with van der Waals surface area (Å²) < 4.78 is 35.8. The zero-order chi connectivity index (χ0) is 17.5. The Morgan fingerprint density at radius 2 is 1.92 bits per heavy atom. The Labute approximate surface area is 147 Å². The molecule has 9 heteroatoms. The van der Waals surface area contributed by atoms with E-state index in [4.69, 9.17) is 4.74 Å². The number of anilines is 1. The third kappa shape index (κ3) is 2.96. The number of methoxy groups -OCH3 is 1. The SMILES string of the molecule is COc1cc(C)c(C)cc1S(=O)(=O)Nc1cc(Br)cn2cnnc12. The van der Waals surface area contributed by atoms with Gasteiger partial charge in [-0.05, 0) is 59.1 Å². The number of nitrogens with one attached hydrogen (secondary N) is 1. The highest BCUT2D eigenvalue weighted by atomic mass is 79.9. The fourth-order valence-corrected chi connectivity index (χ4v) is 4.05. The quantitative estimate of drug-likeness (QED) is 0.714. The number of hydrogen-bond donors (Lipinski definition) is 1. The largest absolute Gasteiger partial charge is 0.495 e. The number of hydrogen-bond acceptors (Lipinski definition) is 5. The average molecular weight is 411 g/mol. The Morgan fingerprint density at radius 3 is 2.62 bits per heavy atom. The minimum absolute atomic E-state index is 0.0748. The van der Waals surface area contributed by atoms with Crippen molar-refractivity contribution in [1.29, 1.82) is 0 Å². The molecule has 0 bridgehead atoms. The molecule has 1 N–H and O–H groups in total. The first-order chi connectivity index (χ1) is 11.3. The second-order valence-electron chi connectivity index (χ2n) is 5.33. The molecule has 7 nitrogen and oxygen atoms in total. The lowest BCUT2D eigenvalue weighted by Crippen LogP contribution is -2.15. The highest BCUT2D eigenvalue weighted by molar-refractivity contribution is 9.10. The Hall–Kier alpha value is -2.13. The van der Waals surface area contributed by atoms with Crippen LogP contribution in [-0.2, 0) is 10.0 Å². The van der Waals surface area contributed by atoms with Crippen LogP contribution in [0, 0.1) is 13.8 Å². The Bertz CT molecular complexity index is 1030. The molecule has 0 unspecified atom stereocenters. The number of rotatable bonds is 4. The van der Waals surface area contributed by atoms with Crippen molar-refractivity contribution in [1.82, 2.24) is 14.6 Å². The van der Waals surface area contributed by atoms with Gasteiger partial charge in [0.1, 0.15) is 17.0 Å². The van der Waals surface area contributed by atoms with Gasteiger partial charge in [0.15, 0.2) is 5.65 Å². The van der Waals surface area contributed by atoms with Crippen LogP contribution in [0.1, 0.15) is 11.1 Å². The first-order valence-corrected chi connectivity index (χ1v) is 9.26. The minimum atomic E-state index is -3.86. The molecule has 0 fully saturated rings. The van der Waals surface area contributed by atoms with Crippen LogP contribution in [0.25, 0.3) is 5.65 Å². The molecule has 0 atom stereocenters. The molecule has 0 saturated carbocycles. The topological polar surface area (TPSA) is 85.6 Å². The zero-order valence-corrected chi connectivity index (χ0v) is 15.6. The van der Waals surface area contributed by atoms with Gasteiger partial charge in [-0.2, -0.15) is 0 Å². The van der Waals surface area contributed by atoms with Crippen molar-refractivity contribution in [3.63, 3.8) is 0 Å². The summed E-state index contributed by atoms with van der Waals surface area (Å²) in [5.74, 6) is 0.290. The van der Waals surface area contributed by atoms with E-state index in [0.717, 1.165) is 11.1 Å². The van der Waals surface area contributed by atoms with Gasteiger partial charge in [0.05, 0.1) is 12.8 Å². The van der Waals surface area contributed by atoms with E-state index in [1.54, 1.807) is 28.8 Å². The highest BCUT2D eigenvalue weighted by Gasteiger charge is 2.22. The first kappa shape index (κ1) is 16.7. The molecule has 0 aliphatic heterocycles. The van der Waals surface area contributed by atoms with Crippen LogP contribution in [0.2, 0.25) is 0 Å². The standard InChI is InChI=1S/C15H15BrN4O3S/c1-9-4-13(23-3)14(5-10(9)2)24(21,22)19-12-6-11(16)7-20-8-17-18-15(12)20/h4-8,19H,1-3H3. The molecule has 2 aromatic heterocycles. The van der Waals surface area contributed by atoms with E-state index in [2.05, 4.69) is 30.8 Å². The van der Waals surface area contributed by atoms with Crippen molar-refractivity contribution in [3.05, 3.63) is 46.3 Å². The number of halogens is 1. The monoisotopic (exact) mass is 410 g/mol. The van der Waals surface area contributed by atoms with Crippen LogP contribution in [0.4, 0.5) is 5.69 Å². The van der Waals surface area contributed by atoms with Gasteiger partial charge in [0.25, 0.3) is 10.0 Å². The molecular weight excluding hydrogens is 396 g/mol. The van der Waals surface area contributed by atoms with Crippen LogP contribution < -0.4 is 9.46 Å². The Kier molecular flexibility index (Phi) is 4.22. The second-order valence-corrected chi connectivity index (χ2v) is 7.89. The maximum atomic E-state index is 12.9. The van der Waals surface area contributed by atoms with Crippen molar-refractivity contribution < 1.29 is 13.2 Å². The smallest absolute Gasteiger partial charge is 0.265 e. The number of pyridine rings is 1. The van der Waals surface area contributed by atoms with Gasteiger partial charge in [-0.25, -0.2) is 8.42 Å². The van der Waals surface area contributed by atoms with Gasteiger partial charge in [-0.1, -0.05) is 0 Å². The lowest BCUT2D eigenvalue weighted by atomic mass is 10.1. The molecule has 24 heavy (non-hydrogen) atoms. The van der Waals surface area contributed by atoms with Gasteiger partial charge in [0.2, 0.25) is 0 Å². The third-order valence-corrected chi connectivity index (χ3v) is 5.49. The lowest BCUT2D eigenvalue weighted by molar-refractivity contribution is 0.402. The van der Waals surface area contributed by atoms with Gasteiger partial charge >= 0.3 is 0 Å². The summed E-state index contributed by atoms with van der Waals surface area (Å²) in [4.78, 5) is 0.0748. The van der Waals surface area contributed by atoms with Crippen LogP contribution in [0.3, 0.4) is 0 Å². The van der Waals surface area contributed by atoms with Crippen LogP contribution in [-0.4, -0.2) is 30.1 Å². The molecule has 2 heterocycles. The first-order valence-electron chi connectivity index (χ1n) is 6.99. The number of benzene rings is 1. The predicted octanol–water partition coefficient (Wildman–Crippen LogP) is 2.92. The highest BCUT2D eigenvalue weighted by Crippen LogP contribution is 2.30. The molecule has 0 radical (unpaired) electrons. The molecule has 126 valence electrons. The van der Waals surface area contributed by atoms with E-state index in [-0.39, 0.29) is 10.6 Å². The number of sulfonamides is 1. The summed E-state index contributed by atoms with van der Waals surface area (Å²) >= 11 is 3.35. The Morgan fingerprint density at radius 1 is 1.21 bits per heavy atom. The van der Waals surface area contributed by atoms with Gasteiger partial charge in [-0.15, -0.1) is 10.2 Å². The van der Waals surface area contributed by atoms with E-state index in [0.29, 0.717) is 15.8 Å². The minimum Gasteiger partial charge on any atom is -0.495 e. The zero-order valence-electron chi connectivity index (χ0n) is 13.2. The molecule has 0 spiro atoms. The fourth-order valence-electron chi connectivity index (χ4n) is 2.31. The number of fused-ring (bicyclic) bond motifs is 1. The van der Waals surface area contributed by atoms with Gasteiger partial charge in [0, 0.05) is 10.7 Å². The predicted molar refractivity (Wildman–Crippen MR) is 94.0 cm³/mol. The summed E-state index contributed by atoms with van der Waals surface area (Å²) in [6.07, 6.45) is 3.23. The van der Waals surface area contributed by atoms with E-state index >= 15 is 0 Å². The Balaban J connectivity index is 2.12. The molecule has 0 aliphatic carbocycles. The fraction of sp³-hybridized carbons (Fsp3) is 0.200. The molecule has 3 rings (SSSR count). The van der Waals surface area contributed by atoms with Crippen LogP contribution >= 0.6 is 15.9 Å². The number of aryl methyl sites for hydroxylation is 2. The van der Waals surface area contributed by atoms with E-state index < -0.39 is 10.0 Å². The molecular formula is C15H15BrN4O3S. The number of nitrogens with zero attached hydrogens (tertiary/aromatic N) is 3. The van der Waals surface area contributed by atoms with Gasteiger partial charge in [-0.3, -0.25) is 9.12 Å². The van der Waals surface area contributed by atoms with E-state index in [9.17, 15) is 8.42 Å². The summed E-state index contributed by atoms with van der Waals surface area (Å²) in [6.45, 7) is 3.75. The maximum Gasteiger partial charge on any atom is 0.265 e. The molecule has 3 aromatic rings. The summed E-state index contributed by atoms with van der Waals surface area (Å²) in [5.41, 5.74) is 2.54. The normalized spacial score (nSPS) is 11.7. The summed E-state index contributed by atoms with van der Waals surface area (Å²) in [7, 11) is -2.41. The number of aromatic nitrogens is 3. The van der Waals surface area contributed by atoms with Gasteiger partial charge < -0.3 is 4.74 Å². The molecule has 0 aliphatic rings. The third-order valence-electron chi connectivity index (χ3n) is 3.67. The second kappa shape index (κ2) is 6.06. The van der Waals surface area contributed by atoms with E-state index in [1.165, 1.54) is 13.4 Å².